The Bertz CT molecular complexity index is 733. The fourth-order valence-corrected chi connectivity index (χ4v) is 4.18. The highest BCUT2D eigenvalue weighted by molar-refractivity contribution is 5.43. The molecule has 5 heteroatoms. The zero-order valence-electron chi connectivity index (χ0n) is 21.3. The minimum atomic E-state index is 0.389. The van der Waals surface area contributed by atoms with Gasteiger partial charge in [0.1, 0.15) is 5.82 Å². The van der Waals surface area contributed by atoms with E-state index in [2.05, 4.69) is 54.6 Å². The van der Waals surface area contributed by atoms with E-state index in [1.54, 1.807) is 0 Å². The van der Waals surface area contributed by atoms with Crippen molar-refractivity contribution in [3.05, 3.63) is 47.2 Å². The third kappa shape index (κ3) is 9.74. The Hall–Kier alpha value is -1.85. The van der Waals surface area contributed by atoms with E-state index in [-0.39, 0.29) is 0 Å². The van der Waals surface area contributed by atoms with Gasteiger partial charge in [-0.15, -0.1) is 0 Å². The summed E-state index contributed by atoms with van der Waals surface area (Å²) in [7, 11) is 1.99. The summed E-state index contributed by atoms with van der Waals surface area (Å²) in [6, 6.07) is 11.3. The van der Waals surface area contributed by atoms with E-state index in [1.165, 1.54) is 68.9 Å². The van der Waals surface area contributed by atoms with Crippen molar-refractivity contribution in [2.24, 2.45) is 18.9 Å². The quantitative estimate of drug-likeness (QED) is 0.325. The van der Waals surface area contributed by atoms with E-state index in [4.69, 9.17) is 10.5 Å². The molecule has 2 atom stereocenters. The van der Waals surface area contributed by atoms with Crippen molar-refractivity contribution < 1.29 is 10.5 Å². The summed E-state index contributed by atoms with van der Waals surface area (Å²) in [6.07, 6.45) is 12.9. The summed E-state index contributed by atoms with van der Waals surface area (Å²) in [6.45, 7) is 10.7. The third-order valence-corrected chi connectivity index (χ3v) is 6.13. The van der Waals surface area contributed by atoms with Gasteiger partial charge in [-0.25, -0.2) is 0 Å². The van der Waals surface area contributed by atoms with Gasteiger partial charge in [0.25, 0.3) is 0 Å². The van der Waals surface area contributed by atoms with Gasteiger partial charge in [0, 0.05) is 13.1 Å². The first kappa shape index (κ1) is 28.2. The zero-order valence-corrected chi connectivity index (χ0v) is 21.3. The molecule has 1 aromatic heterocycles. The Morgan fingerprint density at radius 1 is 0.938 bits per heavy atom. The van der Waals surface area contributed by atoms with Crippen LogP contribution in [0.2, 0.25) is 0 Å². The number of nitrogens with one attached hydrogen (secondary N) is 1. The maximum absolute atomic E-state index is 6.00. The van der Waals surface area contributed by atoms with E-state index >= 15 is 0 Å². The van der Waals surface area contributed by atoms with Gasteiger partial charge in [0.05, 0.1) is 11.7 Å². The van der Waals surface area contributed by atoms with Crippen LogP contribution < -0.4 is 5.32 Å². The second-order valence-electron chi connectivity index (χ2n) is 9.08. The number of hydrogen-bond acceptors (Lipinski definition) is 4. The van der Waals surface area contributed by atoms with Crippen LogP contribution in [0.1, 0.15) is 102 Å². The molecule has 0 amide bonds. The second kappa shape index (κ2) is 15.9. The third-order valence-electron chi connectivity index (χ3n) is 6.13. The lowest BCUT2D eigenvalue weighted by molar-refractivity contribution is -0.176. The van der Waals surface area contributed by atoms with Gasteiger partial charge in [-0.1, -0.05) is 96.9 Å². The average Bonchev–Trinajstić information content (AvgIpc) is 3.57. The maximum atomic E-state index is 6.00. The summed E-state index contributed by atoms with van der Waals surface area (Å²) in [4.78, 5) is 0. The molecule has 1 heterocycles. The van der Waals surface area contributed by atoms with Gasteiger partial charge in [-0.05, 0) is 42.7 Å². The van der Waals surface area contributed by atoms with E-state index in [1.807, 2.05) is 32.5 Å². The summed E-state index contributed by atoms with van der Waals surface area (Å²) < 4.78 is 1.93. The van der Waals surface area contributed by atoms with Crippen LogP contribution in [0.25, 0.3) is 0 Å². The zero-order chi connectivity index (χ0) is 23.9. The van der Waals surface area contributed by atoms with Crippen LogP contribution in [0.3, 0.4) is 0 Å². The number of hydrogen-bond donors (Lipinski definition) is 3. The molecule has 3 aliphatic rings. The molecule has 2 unspecified atom stereocenters. The average molecular weight is 446 g/mol. The van der Waals surface area contributed by atoms with Gasteiger partial charge in [-0.2, -0.15) is 5.10 Å². The first-order valence-corrected chi connectivity index (χ1v) is 12.6. The molecule has 2 saturated carbocycles. The summed E-state index contributed by atoms with van der Waals surface area (Å²) >= 11 is 0. The SMILES string of the molecule is C1CC1.CC.CC1CCCC1.Cc1cc(NC2c3ccccc3CCC2C)n(C)n1.OO. The van der Waals surface area contributed by atoms with Crippen LogP contribution >= 0.6 is 0 Å². The number of aromatic nitrogens is 2. The number of rotatable bonds is 2. The molecular weight excluding hydrogens is 398 g/mol. The molecular formula is C27H47N3O2. The smallest absolute Gasteiger partial charge is 0.124 e. The standard InChI is InChI=1S/C16H21N3.C6H12.C3H6.C2H6.H2O2/c1-11-8-9-13-6-4-5-7-14(13)16(11)17-15-10-12(2)18-19(15)3;1-6-4-2-3-5-6;1-2-3-1;2*1-2/h4-7,10-11,16-17H,8-9H2,1-3H3;6H,2-5H2,1H3;1-3H2;1-2H3;1-2H. The number of benzene rings is 1. The number of fused-ring (bicyclic) bond motifs is 1. The van der Waals surface area contributed by atoms with Crippen molar-refractivity contribution in [2.75, 3.05) is 5.32 Å². The maximum Gasteiger partial charge on any atom is 0.124 e. The van der Waals surface area contributed by atoms with Crippen molar-refractivity contribution in [2.45, 2.75) is 98.4 Å². The minimum Gasteiger partial charge on any atom is -0.363 e. The topological polar surface area (TPSA) is 70.3 Å². The predicted octanol–water partition coefficient (Wildman–Crippen LogP) is 7.87. The number of anilines is 1. The lowest BCUT2D eigenvalue weighted by Gasteiger charge is -2.32. The van der Waals surface area contributed by atoms with E-state index < -0.39 is 0 Å². The summed E-state index contributed by atoms with van der Waals surface area (Å²) in [5.74, 6) is 2.79. The van der Waals surface area contributed by atoms with E-state index in [9.17, 15) is 0 Å². The highest BCUT2D eigenvalue weighted by atomic mass is 17.0. The Kier molecular flexibility index (Phi) is 14.0. The van der Waals surface area contributed by atoms with Gasteiger partial charge >= 0.3 is 0 Å². The molecule has 3 aliphatic carbocycles. The highest BCUT2D eigenvalue weighted by Crippen LogP contribution is 2.36. The van der Waals surface area contributed by atoms with Gasteiger partial charge in [-0.3, -0.25) is 15.2 Å². The molecule has 0 radical (unpaired) electrons. The summed E-state index contributed by atoms with van der Waals surface area (Å²) in [5.41, 5.74) is 3.99. The molecule has 2 aromatic rings. The van der Waals surface area contributed by atoms with Crippen LogP contribution in [-0.4, -0.2) is 20.3 Å². The van der Waals surface area contributed by atoms with Crippen molar-refractivity contribution in [3.8, 4) is 0 Å². The normalized spacial score (nSPS) is 20.5. The van der Waals surface area contributed by atoms with Gasteiger partial charge in [0.15, 0.2) is 0 Å². The van der Waals surface area contributed by atoms with E-state index in [0.29, 0.717) is 12.0 Å². The van der Waals surface area contributed by atoms with Crippen molar-refractivity contribution in [1.29, 1.82) is 0 Å². The Labute approximate surface area is 196 Å². The van der Waals surface area contributed by atoms with Crippen LogP contribution in [0, 0.1) is 18.8 Å². The first-order chi connectivity index (χ1) is 15.5. The Morgan fingerprint density at radius 3 is 2.00 bits per heavy atom. The van der Waals surface area contributed by atoms with Crippen LogP contribution in [0.4, 0.5) is 5.82 Å². The van der Waals surface area contributed by atoms with Gasteiger partial charge < -0.3 is 5.32 Å². The lowest BCUT2D eigenvalue weighted by Crippen LogP contribution is -2.25. The van der Waals surface area contributed by atoms with Crippen LogP contribution in [0.15, 0.2) is 30.3 Å². The summed E-state index contributed by atoms with van der Waals surface area (Å²) in [5, 5.41) is 20.1. The number of aryl methyl sites for hydroxylation is 3. The lowest BCUT2D eigenvalue weighted by atomic mass is 9.81. The minimum absolute atomic E-state index is 0.389. The second-order valence-corrected chi connectivity index (χ2v) is 9.08. The van der Waals surface area contributed by atoms with Gasteiger partial charge in [0.2, 0.25) is 0 Å². The molecule has 0 saturated heterocycles. The molecule has 5 nitrogen and oxygen atoms in total. The Balaban J connectivity index is 0.000000323. The van der Waals surface area contributed by atoms with Crippen molar-refractivity contribution in [1.82, 2.24) is 9.78 Å². The van der Waals surface area contributed by atoms with Crippen molar-refractivity contribution in [3.63, 3.8) is 0 Å². The molecule has 0 spiro atoms. The molecule has 0 bridgehead atoms. The molecule has 32 heavy (non-hydrogen) atoms. The molecule has 3 N–H and O–H groups in total. The largest absolute Gasteiger partial charge is 0.363 e. The fraction of sp³-hybridized carbons (Fsp3) is 0.667. The van der Waals surface area contributed by atoms with E-state index in [0.717, 1.165) is 17.4 Å². The molecule has 2 fully saturated rings. The molecule has 0 aliphatic heterocycles. The molecule has 182 valence electrons. The first-order valence-electron chi connectivity index (χ1n) is 12.6. The predicted molar refractivity (Wildman–Crippen MR) is 136 cm³/mol. The number of nitrogens with zero attached hydrogens (tertiary/aromatic N) is 2. The molecule has 5 rings (SSSR count). The molecule has 1 aromatic carbocycles. The monoisotopic (exact) mass is 445 g/mol. The van der Waals surface area contributed by atoms with Crippen LogP contribution in [-0.2, 0) is 13.5 Å². The van der Waals surface area contributed by atoms with Crippen LogP contribution in [0.5, 0.6) is 0 Å². The fourth-order valence-electron chi connectivity index (χ4n) is 4.18. The van der Waals surface area contributed by atoms with Crippen molar-refractivity contribution >= 4 is 5.82 Å². The Morgan fingerprint density at radius 2 is 1.53 bits per heavy atom. The highest BCUT2D eigenvalue weighted by Gasteiger charge is 2.26.